The molecular weight excluding hydrogens is 696 g/mol. The van der Waals surface area contributed by atoms with Crippen molar-refractivity contribution in [1.29, 1.82) is 0 Å². The lowest BCUT2D eigenvalue weighted by molar-refractivity contribution is -0.315. The molecule has 13 heteroatoms. The molecule has 0 aromatic rings. The van der Waals surface area contributed by atoms with Gasteiger partial charge in [-0.2, -0.15) is 0 Å². The number of aliphatic hydroxyl groups excluding tert-OH is 3. The van der Waals surface area contributed by atoms with E-state index in [0.717, 1.165) is 13.0 Å². The number of cyclic esters (lactones) is 1. The average Bonchev–Trinajstić information content (AvgIpc) is 3.10. The molecule has 0 aromatic heterocycles. The Morgan fingerprint density at radius 3 is 2.15 bits per heavy atom. The van der Waals surface area contributed by atoms with Gasteiger partial charge in [-0.25, -0.2) is 0 Å². The quantitative estimate of drug-likeness (QED) is 0.238. The van der Waals surface area contributed by atoms with Crippen LogP contribution in [0.4, 0.5) is 0 Å². The molecule has 0 aromatic carbocycles. The molecule has 0 aliphatic carbocycles. The third kappa shape index (κ3) is 11.2. The van der Waals surface area contributed by atoms with Crippen molar-refractivity contribution in [2.75, 3.05) is 40.9 Å². The van der Waals surface area contributed by atoms with Gasteiger partial charge in [-0.1, -0.05) is 34.6 Å². The van der Waals surface area contributed by atoms with E-state index in [-0.39, 0.29) is 49.0 Å². The zero-order valence-electron chi connectivity index (χ0n) is 35.9. The maximum atomic E-state index is 14.3. The number of likely N-dealkylation sites (N-methyl/N-ethyl adjacent to an activating group) is 1. The predicted octanol–water partition coefficient (Wildman–Crippen LogP) is 3.81. The Morgan fingerprint density at radius 1 is 0.944 bits per heavy atom. The molecular formula is C41H78N2O11. The molecule has 3 rings (SSSR count). The molecule has 4 N–H and O–H groups in total. The smallest absolute Gasteiger partial charge is 0.311 e. The van der Waals surface area contributed by atoms with Crippen molar-refractivity contribution in [2.45, 2.75) is 187 Å². The summed E-state index contributed by atoms with van der Waals surface area (Å²) in [4.78, 5) is 18.5. The van der Waals surface area contributed by atoms with Gasteiger partial charge in [-0.15, -0.1) is 0 Å². The van der Waals surface area contributed by atoms with Crippen LogP contribution in [0.5, 0.6) is 0 Å². The maximum Gasteiger partial charge on any atom is 0.311 e. The van der Waals surface area contributed by atoms with Crippen LogP contribution in [0.1, 0.15) is 108 Å². The molecule has 318 valence electrons. The summed E-state index contributed by atoms with van der Waals surface area (Å²) in [6, 6.07) is -0.476. The van der Waals surface area contributed by atoms with E-state index < -0.39 is 78.2 Å². The first-order valence-corrected chi connectivity index (χ1v) is 20.6. The molecule has 0 bridgehead atoms. The highest BCUT2D eigenvalue weighted by Gasteiger charge is 2.52. The van der Waals surface area contributed by atoms with Crippen molar-refractivity contribution in [3.63, 3.8) is 0 Å². The van der Waals surface area contributed by atoms with Gasteiger partial charge in [0, 0.05) is 49.9 Å². The van der Waals surface area contributed by atoms with Crippen LogP contribution in [0, 0.1) is 29.6 Å². The third-order valence-corrected chi connectivity index (χ3v) is 13.0. The van der Waals surface area contributed by atoms with Crippen LogP contribution >= 0.6 is 0 Å². The van der Waals surface area contributed by atoms with E-state index in [0.29, 0.717) is 25.8 Å². The van der Waals surface area contributed by atoms with Crippen molar-refractivity contribution in [3.8, 4) is 0 Å². The van der Waals surface area contributed by atoms with Crippen LogP contribution < -0.4 is 0 Å². The molecule has 3 fully saturated rings. The number of hydrogen-bond donors (Lipinski definition) is 4. The predicted molar refractivity (Wildman–Crippen MR) is 207 cm³/mol. The van der Waals surface area contributed by atoms with E-state index in [4.69, 9.17) is 28.4 Å². The molecule has 3 saturated heterocycles. The summed E-state index contributed by atoms with van der Waals surface area (Å²) < 4.78 is 38.5. The molecule has 13 nitrogen and oxygen atoms in total. The van der Waals surface area contributed by atoms with Gasteiger partial charge < -0.3 is 53.7 Å². The highest BCUT2D eigenvalue weighted by molar-refractivity contribution is 5.73. The lowest BCUT2D eigenvalue weighted by Crippen LogP contribution is -2.60. The summed E-state index contributed by atoms with van der Waals surface area (Å²) in [5.74, 6) is -2.73. The zero-order valence-corrected chi connectivity index (χ0v) is 35.9. The Bertz CT molecular complexity index is 1150. The molecule has 0 saturated carbocycles. The fraction of sp³-hybridized carbons (Fsp3) is 0.976. The molecule has 2 unspecified atom stereocenters. The van der Waals surface area contributed by atoms with Crippen LogP contribution in [-0.4, -0.2) is 156 Å². The van der Waals surface area contributed by atoms with Gasteiger partial charge in [-0.3, -0.25) is 9.69 Å². The number of nitrogens with zero attached hydrogens (tertiary/aromatic N) is 2. The van der Waals surface area contributed by atoms with Crippen molar-refractivity contribution >= 4 is 5.97 Å². The highest BCUT2D eigenvalue weighted by Crippen LogP contribution is 2.41. The minimum Gasteiger partial charge on any atom is -0.462 e. The largest absolute Gasteiger partial charge is 0.462 e. The Labute approximate surface area is 326 Å². The standard InChI is InChI=1S/C41H78N2O11/c1-15-17-43-21-23(3)19-40(10,48)37(54-39-35(46)31(42(12)13)18-24(4)50-39)26(6)36(53-33-20-41(11,49-14)30(22-44)29(9)51-33)27(7)38(47)52-32(16-2)25(5)34(45)28(43)8/h23-37,39,44-46,48H,15-22H2,1-14H3/t23-,24-,25+,26+,27-,28-,29+,30?,31?,32-,33+,34+,35-,36+,37-,39+,40-,41-/m1/s1. The van der Waals surface area contributed by atoms with Gasteiger partial charge in [0.1, 0.15) is 12.2 Å². The minimum absolute atomic E-state index is 0.0393. The lowest BCUT2D eigenvalue weighted by atomic mass is 9.77. The summed E-state index contributed by atoms with van der Waals surface area (Å²) in [5, 5.41) is 46.2. The van der Waals surface area contributed by atoms with E-state index >= 15 is 0 Å². The van der Waals surface area contributed by atoms with Gasteiger partial charge in [0.25, 0.3) is 0 Å². The number of hydrogen-bond acceptors (Lipinski definition) is 13. The second-order valence-electron chi connectivity index (χ2n) is 17.8. The first-order valence-electron chi connectivity index (χ1n) is 20.6. The molecule has 54 heavy (non-hydrogen) atoms. The van der Waals surface area contributed by atoms with Crippen molar-refractivity contribution in [2.24, 2.45) is 29.6 Å². The minimum atomic E-state index is -1.50. The van der Waals surface area contributed by atoms with E-state index in [2.05, 4.69) is 18.7 Å². The summed E-state index contributed by atoms with van der Waals surface area (Å²) in [7, 11) is 5.43. The fourth-order valence-corrected chi connectivity index (χ4v) is 9.56. The molecule has 3 aliphatic heterocycles. The Hall–Kier alpha value is -0.970. The number of ether oxygens (including phenoxy) is 6. The van der Waals surface area contributed by atoms with Crippen LogP contribution in [0.15, 0.2) is 0 Å². The topological polar surface area (TPSA) is 160 Å². The van der Waals surface area contributed by atoms with E-state index in [9.17, 15) is 25.2 Å². The van der Waals surface area contributed by atoms with E-state index in [1.54, 1.807) is 21.0 Å². The van der Waals surface area contributed by atoms with Gasteiger partial charge in [0.15, 0.2) is 12.6 Å². The normalized spacial score (nSPS) is 46.8. The average molecular weight is 775 g/mol. The highest BCUT2D eigenvalue weighted by atomic mass is 16.7. The summed E-state index contributed by atoms with van der Waals surface area (Å²) in [6.45, 7) is 22.5. The summed E-state index contributed by atoms with van der Waals surface area (Å²) in [6.07, 6.45) is -4.19. The van der Waals surface area contributed by atoms with Gasteiger partial charge in [0.2, 0.25) is 0 Å². The zero-order chi connectivity index (χ0) is 40.9. The van der Waals surface area contributed by atoms with Crippen molar-refractivity contribution in [1.82, 2.24) is 9.80 Å². The monoisotopic (exact) mass is 775 g/mol. The van der Waals surface area contributed by atoms with E-state index in [1.165, 1.54) is 0 Å². The first-order chi connectivity index (χ1) is 25.2. The Balaban J connectivity index is 2.18. The summed E-state index contributed by atoms with van der Waals surface area (Å²) in [5.41, 5.74) is -2.28. The number of esters is 1. The molecule has 0 amide bonds. The second-order valence-corrected chi connectivity index (χ2v) is 17.8. The summed E-state index contributed by atoms with van der Waals surface area (Å²) >= 11 is 0. The van der Waals surface area contributed by atoms with Crippen LogP contribution in [0.3, 0.4) is 0 Å². The van der Waals surface area contributed by atoms with Gasteiger partial charge in [-0.05, 0) is 93.8 Å². The Morgan fingerprint density at radius 2 is 1.59 bits per heavy atom. The van der Waals surface area contributed by atoms with Crippen LogP contribution in [0.25, 0.3) is 0 Å². The lowest BCUT2D eigenvalue weighted by Gasteiger charge is -2.49. The molecule has 0 spiro atoms. The second kappa shape index (κ2) is 20.1. The Kier molecular flexibility index (Phi) is 17.7. The number of rotatable bonds is 10. The molecule has 3 heterocycles. The maximum absolute atomic E-state index is 14.3. The van der Waals surface area contributed by atoms with Crippen molar-refractivity contribution < 1.29 is 53.6 Å². The van der Waals surface area contributed by atoms with Crippen LogP contribution in [0.2, 0.25) is 0 Å². The first kappa shape index (κ1) is 47.4. The third-order valence-electron chi connectivity index (χ3n) is 13.0. The number of carbonyl (C=O) groups excluding carboxylic acids is 1. The van der Waals surface area contributed by atoms with Crippen molar-refractivity contribution in [3.05, 3.63) is 0 Å². The molecule has 0 radical (unpaired) electrons. The fourth-order valence-electron chi connectivity index (χ4n) is 9.56. The molecule has 3 aliphatic rings. The molecule has 18 atom stereocenters. The van der Waals surface area contributed by atoms with Crippen LogP contribution in [-0.2, 0) is 33.2 Å². The SMILES string of the molecule is CCCN1C[C@H](C)C[C@@](C)(O)[C@H](O[C@@H]2O[C@H](C)CC(N(C)C)[C@H]2O)[C@@H](C)[C@H](O[C@H]2C[C@@](C)(OC)C(CO)[C@H](C)O2)[C@@H](C)C(=O)O[C@H](CC)[C@H](C)[C@H](O)[C@H]1C. The van der Waals surface area contributed by atoms with Gasteiger partial charge >= 0.3 is 5.97 Å². The van der Waals surface area contributed by atoms with Gasteiger partial charge in [0.05, 0.1) is 54.2 Å². The van der Waals surface area contributed by atoms with E-state index in [1.807, 2.05) is 67.5 Å². The number of methoxy groups -OCH3 is 1. The number of carbonyl (C=O) groups is 1. The number of aliphatic hydroxyl groups is 4.